The molecule has 0 aliphatic heterocycles. The molecule has 1 fully saturated rings. The fraction of sp³-hybridized carbons (Fsp3) is 0.442. The van der Waals surface area contributed by atoms with Gasteiger partial charge in [0, 0.05) is 10.8 Å². The first-order valence-corrected chi connectivity index (χ1v) is 17.0. The lowest BCUT2D eigenvalue weighted by Gasteiger charge is -2.66. The van der Waals surface area contributed by atoms with Gasteiger partial charge in [-0.3, -0.25) is 0 Å². The molecule has 2 atom stereocenters. The predicted octanol–water partition coefficient (Wildman–Crippen LogP) is 11.3. The number of rotatable bonds is 3. The third kappa shape index (κ3) is 3.13. The van der Waals surface area contributed by atoms with Gasteiger partial charge >= 0.3 is 0 Å². The van der Waals surface area contributed by atoms with Crippen molar-refractivity contribution in [2.24, 2.45) is 35.5 Å². The summed E-state index contributed by atoms with van der Waals surface area (Å²) in [5.41, 5.74) is 18.5. The van der Waals surface area contributed by atoms with Crippen molar-refractivity contribution in [3.05, 3.63) is 105 Å². The van der Waals surface area contributed by atoms with Gasteiger partial charge in [0.25, 0.3) is 0 Å². The van der Waals surface area contributed by atoms with E-state index >= 15 is 0 Å². The van der Waals surface area contributed by atoms with Crippen LogP contribution in [0.15, 0.2) is 60.7 Å². The van der Waals surface area contributed by atoms with Crippen LogP contribution >= 0.6 is 0 Å². The monoisotopic (exact) mass is 564 g/mol. The Hall–Kier alpha value is -3.12. The summed E-state index contributed by atoms with van der Waals surface area (Å²) in [6, 6.07) is 24.3. The van der Waals surface area contributed by atoms with Gasteiger partial charge in [-0.25, -0.2) is 0 Å². The van der Waals surface area contributed by atoms with E-state index in [0.717, 1.165) is 12.3 Å². The minimum absolute atomic E-state index is 0.0370. The van der Waals surface area contributed by atoms with Gasteiger partial charge in [0.05, 0.1) is 0 Å². The van der Waals surface area contributed by atoms with Crippen molar-refractivity contribution in [2.75, 3.05) is 0 Å². The molecule has 0 heterocycles. The van der Waals surface area contributed by atoms with Gasteiger partial charge in [-0.2, -0.15) is 0 Å². The maximum Gasteiger partial charge on any atom is 0.0288 e. The molecule has 0 aromatic heterocycles. The molecule has 8 rings (SSSR count). The standard InChI is InChI=1S/C43H48/c1-22(2)35-37(23(3)4)43(38(35)24(5)6)34-18-17-30-33-21-27-13-11-12-14-29(27)39(33)42(9,10)41(30)36(34)31-16-15-28-26(8)19-25(7)20-32(28)40(31)43/h11-20,22-24,35,37-38H,21H2,1-10H3. The quantitative estimate of drug-likeness (QED) is 0.232. The van der Waals surface area contributed by atoms with E-state index < -0.39 is 0 Å². The highest BCUT2D eigenvalue weighted by atomic mass is 14.7. The molecule has 4 aromatic rings. The molecule has 1 spiro atoms. The third-order valence-corrected chi connectivity index (χ3v) is 12.4. The number of benzene rings is 4. The largest absolute Gasteiger partial charge is 0.0625 e. The molecule has 0 amide bonds. The van der Waals surface area contributed by atoms with E-state index in [4.69, 9.17) is 0 Å². The fourth-order valence-corrected chi connectivity index (χ4v) is 11.5. The summed E-state index contributed by atoms with van der Waals surface area (Å²) in [6.07, 6.45) is 1.06. The predicted molar refractivity (Wildman–Crippen MR) is 185 cm³/mol. The van der Waals surface area contributed by atoms with Gasteiger partial charge in [0.15, 0.2) is 0 Å². The van der Waals surface area contributed by atoms with Gasteiger partial charge in [0.2, 0.25) is 0 Å². The average Bonchev–Trinajstić information content (AvgIpc) is 3.52. The van der Waals surface area contributed by atoms with Gasteiger partial charge in [-0.15, -0.1) is 0 Å². The summed E-state index contributed by atoms with van der Waals surface area (Å²) in [4.78, 5) is 0. The Bertz CT molecular complexity index is 1870. The smallest absolute Gasteiger partial charge is 0.0288 e. The molecule has 220 valence electrons. The SMILES string of the molecule is Cc1cc(C)c2ccc3c(c2c1)C1(c2ccc4c(c2-3)C(C)(C)C2=C4Cc3ccccc32)C(C(C)C)C(C(C)C)C1C(C)C. The number of aryl methyl sites for hydroxylation is 2. The van der Waals surface area contributed by atoms with E-state index in [9.17, 15) is 0 Å². The van der Waals surface area contributed by atoms with E-state index in [-0.39, 0.29) is 10.8 Å². The lowest BCUT2D eigenvalue weighted by atomic mass is 9.37. The average molecular weight is 565 g/mol. The van der Waals surface area contributed by atoms with E-state index in [1.165, 1.54) is 44.2 Å². The summed E-state index contributed by atoms with van der Waals surface area (Å²) < 4.78 is 0. The van der Waals surface area contributed by atoms with Crippen LogP contribution in [0.5, 0.6) is 0 Å². The highest BCUT2D eigenvalue weighted by molar-refractivity contribution is 6.10. The summed E-state index contributed by atoms with van der Waals surface area (Å²) in [5, 5.41) is 2.96. The van der Waals surface area contributed by atoms with Crippen LogP contribution in [0.1, 0.15) is 99.9 Å². The summed E-state index contributed by atoms with van der Waals surface area (Å²) in [6.45, 7) is 24.7. The normalized spacial score (nSPS) is 25.9. The van der Waals surface area contributed by atoms with E-state index in [2.05, 4.69) is 130 Å². The molecule has 0 N–H and O–H groups in total. The van der Waals surface area contributed by atoms with E-state index in [1.807, 2.05) is 0 Å². The lowest BCUT2D eigenvalue weighted by molar-refractivity contribution is -0.105. The van der Waals surface area contributed by atoms with Gasteiger partial charge < -0.3 is 0 Å². The highest BCUT2D eigenvalue weighted by Crippen LogP contribution is 2.74. The zero-order valence-electron chi connectivity index (χ0n) is 27.9. The topological polar surface area (TPSA) is 0 Å². The molecule has 0 heteroatoms. The Balaban J connectivity index is 1.51. The van der Waals surface area contributed by atoms with Gasteiger partial charge in [-0.05, 0) is 128 Å². The zero-order chi connectivity index (χ0) is 30.3. The summed E-state index contributed by atoms with van der Waals surface area (Å²) in [5.74, 6) is 3.85. The zero-order valence-corrected chi connectivity index (χ0v) is 27.9. The molecule has 0 nitrogen and oxygen atoms in total. The number of fused-ring (bicyclic) bond motifs is 12. The van der Waals surface area contributed by atoms with Crippen LogP contribution in [0.3, 0.4) is 0 Å². The molecule has 1 saturated carbocycles. The Morgan fingerprint density at radius 1 is 0.674 bits per heavy atom. The van der Waals surface area contributed by atoms with Crippen molar-refractivity contribution in [2.45, 2.75) is 86.5 Å². The first-order valence-electron chi connectivity index (χ1n) is 17.0. The lowest BCUT2D eigenvalue weighted by Crippen LogP contribution is -2.64. The first-order chi connectivity index (χ1) is 20.4. The molecule has 2 unspecified atom stereocenters. The summed E-state index contributed by atoms with van der Waals surface area (Å²) >= 11 is 0. The minimum atomic E-state index is -0.0370. The van der Waals surface area contributed by atoms with Crippen LogP contribution in [-0.4, -0.2) is 0 Å². The molecule has 0 radical (unpaired) electrons. The molecular weight excluding hydrogens is 516 g/mol. The highest BCUT2D eigenvalue weighted by Gasteiger charge is 2.68. The van der Waals surface area contributed by atoms with E-state index in [1.54, 1.807) is 33.4 Å². The number of hydrogen-bond acceptors (Lipinski definition) is 0. The van der Waals surface area contributed by atoms with Crippen LogP contribution < -0.4 is 0 Å². The van der Waals surface area contributed by atoms with Crippen LogP contribution in [-0.2, 0) is 17.3 Å². The van der Waals surface area contributed by atoms with Crippen molar-refractivity contribution in [1.29, 1.82) is 0 Å². The van der Waals surface area contributed by atoms with Crippen molar-refractivity contribution < 1.29 is 0 Å². The molecule has 43 heavy (non-hydrogen) atoms. The van der Waals surface area contributed by atoms with Crippen LogP contribution in [0.2, 0.25) is 0 Å². The molecule has 4 aliphatic rings. The number of hydrogen-bond donors (Lipinski definition) is 0. The Morgan fingerprint density at radius 2 is 1.35 bits per heavy atom. The van der Waals surface area contributed by atoms with Crippen molar-refractivity contribution in [3.8, 4) is 11.1 Å². The molecule has 0 bridgehead atoms. The van der Waals surface area contributed by atoms with Crippen LogP contribution in [0, 0.1) is 49.4 Å². The Morgan fingerprint density at radius 3 is 2.02 bits per heavy atom. The van der Waals surface area contributed by atoms with Crippen molar-refractivity contribution in [3.63, 3.8) is 0 Å². The second kappa shape index (κ2) is 8.74. The molecule has 4 aromatic carbocycles. The van der Waals surface area contributed by atoms with Crippen molar-refractivity contribution in [1.82, 2.24) is 0 Å². The molecule has 0 saturated heterocycles. The first kappa shape index (κ1) is 27.4. The second-order valence-corrected chi connectivity index (χ2v) is 16.1. The maximum atomic E-state index is 2.62. The van der Waals surface area contributed by atoms with Gasteiger partial charge in [0.1, 0.15) is 0 Å². The maximum absolute atomic E-state index is 2.62. The van der Waals surface area contributed by atoms with Crippen molar-refractivity contribution >= 4 is 21.9 Å². The van der Waals surface area contributed by atoms with Crippen LogP contribution in [0.4, 0.5) is 0 Å². The fourth-order valence-electron chi connectivity index (χ4n) is 11.5. The Kier molecular flexibility index (Phi) is 5.58. The van der Waals surface area contributed by atoms with Crippen LogP contribution in [0.25, 0.3) is 33.0 Å². The Labute approximate surface area is 259 Å². The van der Waals surface area contributed by atoms with E-state index in [0.29, 0.717) is 29.6 Å². The number of allylic oxidation sites excluding steroid dienone is 2. The third-order valence-electron chi connectivity index (χ3n) is 12.4. The van der Waals surface area contributed by atoms with Gasteiger partial charge in [-0.1, -0.05) is 122 Å². The minimum Gasteiger partial charge on any atom is -0.0625 e. The summed E-state index contributed by atoms with van der Waals surface area (Å²) in [7, 11) is 0. The molecule has 4 aliphatic carbocycles. The second-order valence-electron chi connectivity index (χ2n) is 16.1. The molecular formula is C43H48.